The first kappa shape index (κ1) is 21.1. The van der Waals surface area contributed by atoms with Crippen molar-refractivity contribution in [2.24, 2.45) is 5.92 Å². The quantitative estimate of drug-likeness (QED) is 0.812. The van der Waals surface area contributed by atoms with E-state index in [1.54, 1.807) is 4.90 Å². The van der Waals surface area contributed by atoms with Crippen LogP contribution < -0.4 is 5.32 Å². The number of carbonyl (C=O) groups is 2. The summed E-state index contributed by atoms with van der Waals surface area (Å²) in [5, 5.41) is 2.39. The van der Waals surface area contributed by atoms with Crippen molar-refractivity contribution >= 4 is 12.0 Å². The highest BCUT2D eigenvalue weighted by Gasteiger charge is 2.30. The van der Waals surface area contributed by atoms with E-state index in [2.05, 4.69) is 5.32 Å². The Hall–Kier alpha value is -2.25. The molecule has 0 unspecified atom stereocenters. The number of ether oxygens (including phenoxy) is 1. The van der Waals surface area contributed by atoms with Crippen molar-refractivity contribution in [1.29, 1.82) is 0 Å². The van der Waals surface area contributed by atoms with Crippen molar-refractivity contribution in [1.82, 2.24) is 10.2 Å². The molecular formula is C19H25F3N2O3. The van der Waals surface area contributed by atoms with Crippen LogP contribution in [0.15, 0.2) is 24.3 Å². The summed E-state index contributed by atoms with van der Waals surface area (Å²) in [7, 11) is 1.48. The molecular weight excluding hydrogens is 361 g/mol. The molecule has 150 valence electrons. The maximum Gasteiger partial charge on any atom is 0.416 e. The number of hydrogen-bond donors (Lipinski definition) is 1. The van der Waals surface area contributed by atoms with Crippen LogP contribution in [0.2, 0.25) is 0 Å². The lowest BCUT2D eigenvalue weighted by Gasteiger charge is -2.31. The summed E-state index contributed by atoms with van der Waals surface area (Å²) in [5.74, 6) is 0.143. The number of alkyl halides is 3. The van der Waals surface area contributed by atoms with Crippen LogP contribution in [-0.2, 0) is 22.1 Å². The first-order valence-corrected chi connectivity index (χ1v) is 9.08. The lowest BCUT2D eigenvalue weighted by Crippen LogP contribution is -2.40. The molecule has 2 rings (SSSR count). The summed E-state index contributed by atoms with van der Waals surface area (Å²) in [6, 6.07) is 5.32. The third-order valence-corrected chi connectivity index (χ3v) is 4.84. The van der Waals surface area contributed by atoms with E-state index in [1.165, 1.54) is 19.2 Å². The minimum Gasteiger partial charge on any atom is -0.439 e. The maximum atomic E-state index is 12.6. The number of nitrogens with zero attached hydrogens (tertiary/aromatic N) is 1. The number of benzene rings is 1. The van der Waals surface area contributed by atoms with E-state index in [9.17, 15) is 22.8 Å². The molecule has 0 radical (unpaired) electrons. The number of likely N-dealkylation sites (N-methyl/N-ethyl adjacent to an activating group) is 1. The van der Waals surface area contributed by atoms with Gasteiger partial charge in [-0.3, -0.25) is 4.79 Å². The number of likely N-dealkylation sites (tertiary alicyclic amines) is 1. The van der Waals surface area contributed by atoms with Crippen molar-refractivity contribution in [3.8, 4) is 0 Å². The number of carbonyl (C=O) groups excluding carboxylic acids is 2. The van der Waals surface area contributed by atoms with Gasteiger partial charge in [-0.05, 0) is 55.7 Å². The minimum absolute atomic E-state index is 0.275. The monoisotopic (exact) mass is 386 g/mol. The zero-order chi connectivity index (χ0) is 19.9. The zero-order valence-corrected chi connectivity index (χ0v) is 15.3. The number of hydrogen-bond acceptors (Lipinski definition) is 3. The van der Waals surface area contributed by atoms with Gasteiger partial charge in [0.15, 0.2) is 6.61 Å². The molecule has 2 amide bonds. The highest BCUT2D eigenvalue weighted by Crippen LogP contribution is 2.29. The van der Waals surface area contributed by atoms with Crippen molar-refractivity contribution < 1.29 is 27.5 Å². The van der Waals surface area contributed by atoms with Gasteiger partial charge in [-0.15, -0.1) is 0 Å². The first-order chi connectivity index (χ1) is 12.8. The standard InChI is InChI=1S/C19H25F3N2O3/c1-23-17(25)13-27-18(26)24-11-9-15(10-12-24)4-2-3-14-5-7-16(8-6-14)19(20,21)22/h5-8,15H,2-4,9-13H2,1H3,(H,23,25). The summed E-state index contributed by atoms with van der Waals surface area (Å²) < 4.78 is 42.6. The molecule has 1 aromatic carbocycles. The van der Waals surface area contributed by atoms with Crippen molar-refractivity contribution in [2.45, 2.75) is 38.3 Å². The van der Waals surface area contributed by atoms with Crippen molar-refractivity contribution in [3.63, 3.8) is 0 Å². The highest BCUT2D eigenvalue weighted by molar-refractivity contribution is 5.79. The molecule has 1 heterocycles. The molecule has 1 N–H and O–H groups in total. The average molecular weight is 386 g/mol. The lowest BCUT2D eigenvalue weighted by molar-refractivity contribution is -0.137. The fourth-order valence-corrected chi connectivity index (χ4v) is 3.15. The first-order valence-electron chi connectivity index (χ1n) is 9.08. The maximum absolute atomic E-state index is 12.6. The van der Waals surface area contributed by atoms with Gasteiger partial charge in [0.2, 0.25) is 0 Å². The van der Waals surface area contributed by atoms with Crippen molar-refractivity contribution in [3.05, 3.63) is 35.4 Å². The third-order valence-electron chi connectivity index (χ3n) is 4.84. The Morgan fingerprint density at radius 1 is 1.19 bits per heavy atom. The molecule has 0 aromatic heterocycles. The van der Waals surface area contributed by atoms with E-state index in [4.69, 9.17) is 4.74 Å². The molecule has 1 fully saturated rings. The molecule has 0 aliphatic carbocycles. The van der Waals surface area contributed by atoms with Gasteiger partial charge in [0.25, 0.3) is 5.91 Å². The smallest absolute Gasteiger partial charge is 0.416 e. The van der Waals surface area contributed by atoms with Gasteiger partial charge < -0.3 is 15.0 Å². The Kier molecular flexibility index (Phi) is 7.50. The predicted octanol–water partition coefficient (Wildman–Crippen LogP) is 3.62. The number of aryl methyl sites for hydroxylation is 1. The Morgan fingerprint density at radius 3 is 2.37 bits per heavy atom. The minimum atomic E-state index is -4.30. The fourth-order valence-electron chi connectivity index (χ4n) is 3.15. The normalized spacial score (nSPS) is 15.5. The molecule has 5 nitrogen and oxygen atoms in total. The number of amides is 2. The van der Waals surface area contributed by atoms with Gasteiger partial charge in [0.1, 0.15) is 0 Å². The summed E-state index contributed by atoms with van der Waals surface area (Å²) in [5.41, 5.74) is 0.278. The highest BCUT2D eigenvalue weighted by atomic mass is 19.4. The van der Waals surface area contributed by atoms with E-state index in [1.807, 2.05) is 0 Å². The summed E-state index contributed by atoms with van der Waals surface area (Å²) in [6.45, 7) is 0.914. The molecule has 1 aromatic rings. The van der Waals surface area contributed by atoms with Crippen LogP contribution in [0.1, 0.15) is 36.8 Å². The molecule has 8 heteroatoms. The second-order valence-corrected chi connectivity index (χ2v) is 6.75. The Labute approximate surface area is 156 Å². The fraction of sp³-hybridized carbons (Fsp3) is 0.579. The van der Waals surface area contributed by atoms with Gasteiger partial charge in [-0.2, -0.15) is 13.2 Å². The second-order valence-electron chi connectivity index (χ2n) is 6.75. The van der Waals surface area contributed by atoms with E-state index in [0.717, 1.165) is 49.8 Å². The molecule has 0 spiro atoms. The van der Waals surface area contributed by atoms with E-state index < -0.39 is 17.8 Å². The van der Waals surface area contributed by atoms with Gasteiger partial charge in [-0.1, -0.05) is 12.1 Å². The van der Waals surface area contributed by atoms with Crippen LogP contribution in [0.3, 0.4) is 0 Å². The SMILES string of the molecule is CNC(=O)COC(=O)N1CCC(CCCc2ccc(C(F)(F)F)cc2)CC1. The van der Waals surface area contributed by atoms with E-state index in [-0.39, 0.29) is 12.5 Å². The van der Waals surface area contributed by atoms with Crippen LogP contribution in [0.4, 0.5) is 18.0 Å². The lowest BCUT2D eigenvalue weighted by atomic mass is 9.91. The molecule has 1 saturated heterocycles. The van der Waals surface area contributed by atoms with Crippen LogP contribution >= 0.6 is 0 Å². The topological polar surface area (TPSA) is 58.6 Å². The van der Waals surface area contributed by atoms with Gasteiger partial charge in [0, 0.05) is 20.1 Å². The Morgan fingerprint density at radius 2 is 1.81 bits per heavy atom. The zero-order valence-electron chi connectivity index (χ0n) is 15.3. The molecule has 0 saturated carbocycles. The average Bonchev–Trinajstić information content (AvgIpc) is 2.66. The van der Waals surface area contributed by atoms with Crippen LogP contribution in [0.5, 0.6) is 0 Å². The third kappa shape index (κ3) is 6.77. The summed E-state index contributed by atoms with van der Waals surface area (Å²) >= 11 is 0. The Balaban J connectivity index is 1.66. The van der Waals surface area contributed by atoms with Crippen LogP contribution in [-0.4, -0.2) is 43.6 Å². The number of rotatable bonds is 6. The molecule has 1 aliphatic rings. The van der Waals surface area contributed by atoms with Gasteiger partial charge >= 0.3 is 12.3 Å². The van der Waals surface area contributed by atoms with Gasteiger partial charge in [0.05, 0.1) is 5.56 Å². The van der Waals surface area contributed by atoms with Crippen LogP contribution in [0.25, 0.3) is 0 Å². The molecule has 1 aliphatic heterocycles. The predicted molar refractivity (Wildman–Crippen MR) is 94.1 cm³/mol. The van der Waals surface area contributed by atoms with Gasteiger partial charge in [-0.25, -0.2) is 4.79 Å². The summed E-state index contributed by atoms with van der Waals surface area (Å²) in [4.78, 5) is 24.6. The largest absolute Gasteiger partial charge is 0.439 e. The summed E-state index contributed by atoms with van der Waals surface area (Å²) in [6.07, 6.45) is -0.425. The Bertz CT molecular complexity index is 624. The van der Waals surface area contributed by atoms with E-state index >= 15 is 0 Å². The number of piperidine rings is 1. The van der Waals surface area contributed by atoms with Crippen molar-refractivity contribution in [2.75, 3.05) is 26.7 Å². The van der Waals surface area contributed by atoms with Crippen LogP contribution in [0, 0.1) is 5.92 Å². The molecule has 0 atom stereocenters. The number of halogens is 3. The van der Waals surface area contributed by atoms with E-state index in [0.29, 0.717) is 19.0 Å². The molecule has 0 bridgehead atoms. The number of nitrogens with one attached hydrogen (secondary N) is 1. The second kappa shape index (κ2) is 9.62. The molecule has 27 heavy (non-hydrogen) atoms.